The van der Waals surface area contributed by atoms with Gasteiger partial charge in [-0.15, -0.1) is 0 Å². The van der Waals surface area contributed by atoms with Gasteiger partial charge in [0.25, 0.3) is 0 Å². The van der Waals surface area contributed by atoms with E-state index in [2.05, 4.69) is 287 Å². The Morgan fingerprint density at radius 1 is 0.286 bits per heavy atom. The van der Waals surface area contributed by atoms with Crippen LogP contribution in [-0.2, 0) is 5.41 Å². The minimum atomic E-state index is -0.548. The van der Waals surface area contributed by atoms with Crippen molar-refractivity contribution in [3.8, 4) is 39.1 Å². The summed E-state index contributed by atoms with van der Waals surface area (Å²) >= 11 is 0. The third-order valence-corrected chi connectivity index (χ3v) is 14.8. The minimum absolute atomic E-state index is 0.548. The molecular weight excluding hydrogens is 847 g/mol. The molecule has 2 aliphatic rings. The van der Waals surface area contributed by atoms with Crippen LogP contribution in [0.3, 0.4) is 0 Å². The second kappa shape index (κ2) is 16.0. The fraction of sp³-hybridized carbons (Fsp3) is 0.0149. The average molecular weight is 892 g/mol. The SMILES string of the molecule is c1ccc(-c2ccccc2N(c2ccc3c(c2)-c2ccccc2C32c3ccccc3-c3c(N(c4ccccc4)c4ccccc4)cccc32)c2ccc3c4ccccc4n(-c4ccccc4)c3c2)cc1. The van der Waals surface area contributed by atoms with Crippen LogP contribution in [0.15, 0.2) is 273 Å². The standard InChI is InChI=1S/C67H45N3/c1-5-22-46(23-6-1)52-30-15-19-37-62(52)69(51-40-42-55-54-32-16-20-38-63(54)70(65(55)45-51)49-28-11-4-12-29-49)50-41-43-60-57(44-50)53-31-13-17-34-58(53)67(60)59-35-18-14-33-56(59)66-61(67)36-21-39-64(66)68(47-24-7-2-8-25-47)48-26-9-3-10-27-48/h1-45H. The van der Waals surface area contributed by atoms with Gasteiger partial charge in [0.2, 0.25) is 0 Å². The lowest BCUT2D eigenvalue weighted by Gasteiger charge is -2.32. The van der Waals surface area contributed by atoms with Gasteiger partial charge in [-0.25, -0.2) is 0 Å². The Hall–Kier alpha value is -9.18. The minimum Gasteiger partial charge on any atom is -0.310 e. The van der Waals surface area contributed by atoms with Gasteiger partial charge in [-0.05, 0) is 123 Å². The van der Waals surface area contributed by atoms with Crippen molar-refractivity contribution in [2.45, 2.75) is 5.41 Å². The van der Waals surface area contributed by atoms with E-state index in [-0.39, 0.29) is 0 Å². The Morgan fingerprint density at radius 3 is 1.53 bits per heavy atom. The van der Waals surface area contributed by atoms with E-state index in [1.165, 1.54) is 66.4 Å². The van der Waals surface area contributed by atoms with E-state index in [1.807, 2.05) is 0 Å². The molecule has 0 amide bonds. The summed E-state index contributed by atoms with van der Waals surface area (Å²) < 4.78 is 2.41. The van der Waals surface area contributed by atoms with Gasteiger partial charge < -0.3 is 14.4 Å². The van der Waals surface area contributed by atoms with Crippen molar-refractivity contribution >= 4 is 55.9 Å². The zero-order chi connectivity index (χ0) is 46.2. The van der Waals surface area contributed by atoms with Crippen molar-refractivity contribution in [2.75, 3.05) is 9.80 Å². The Balaban J connectivity index is 1.02. The lowest BCUT2D eigenvalue weighted by molar-refractivity contribution is 0.793. The van der Waals surface area contributed by atoms with E-state index in [9.17, 15) is 0 Å². The second-order valence-corrected chi connectivity index (χ2v) is 18.4. The normalized spacial score (nSPS) is 14.1. The topological polar surface area (TPSA) is 11.4 Å². The predicted octanol–water partition coefficient (Wildman–Crippen LogP) is 17.7. The van der Waals surface area contributed by atoms with Crippen molar-refractivity contribution in [1.82, 2.24) is 4.57 Å². The maximum atomic E-state index is 2.48. The molecule has 0 N–H and O–H groups in total. The zero-order valence-electron chi connectivity index (χ0n) is 38.3. The largest absolute Gasteiger partial charge is 0.310 e. The van der Waals surface area contributed by atoms with Crippen LogP contribution in [0, 0.1) is 0 Å². The van der Waals surface area contributed by atoms with Gasteiger partial charge in [0.15, 0.2) is 0 Å². The Morgan fingerprint density at radius 2 is 0.786 bits per heavy atom. The summed E-state index contributed by atoms with van der Waals surface area (Å²) in [5.41, 5.74) is 22.2. The Labute approximate surface area is 408 Å². The van der Waals surface area contributed by atoms with Gasteiger partial charge >= 0.3 is 0 Å². The maximum absolute atomic E-state index is 2.48. The summed E-state index contributed by atoms with van der Waals surface area (Å²) in [5.74, 6) is 0. The number of anilines is 6. The quantitative estimate of drug-likeness (QED) is 0.151. The number of para-hydroxylation sites is 5. The Bertz CT molecular complexity index is 3910. The van der Waals surface area contributed by atoms with Gasteiger partial charge in [0.1, 0.15) is 0 Å². The van der Waals surface area contributed by atoms with Crippen molar-refractivity contribution in [3.63, 3.8) is 0 Å². The summed E-state index contributed by atoms with van der Waals surface area (Å²) in [7, 11) is 0. The highest BCUT2D eigenvalue weighted by molar-refractivity contribution is 6.11. The first-order valence-electron chi connectivity index (χ1n) is 24.2. The molecule has 0 aliphatic heterocycles. The molecule has 12 aromatic rings. The highest BCUT2D eigenvalue weighted by Crippen LogP contribution is 2.65. The smallest absolute Gasteiger partial charge is 0.0726 e. The van der Waals surface area contributed by atoms with Crippen LogP contribution in [0.2, 0.25) is 0 Å². The number of hydrogen-bond donors (Lipinski definition) is 0. The molecule has 70 heavy (non-hydrogen) atoms. The van der Waals surface area contributed by atoms with Gasteiger partial charge in [0, 0.05) is 50.3 Å². The fourth-order valence-electron chi connectivity index (χ4n) is 12.0. The zero-order valence-corrected chi connectivity index (χ0v) is 38.3. The van der Waals surface area contributed by atoms with E-state index in [0.29, 0.717) is 0 Å². The summed E-state index contributed by atoms with van der Waals surface area (Å²) in [4.78, 5) is 4.91. The van der Waals surface area contributed by atoms with Crippen molar-refractivity contribution in [2.24, 2.45) is 0 Å². The number of fused-ring (bicyclic) bond motifs is 13. The number of hydrogen-bond acceptors (Lipinski definition) is 2. The number of rotatable bonds is 8. The van der Waals surface area contributed by atoms with E-state index >= 15 is 0 Å². The first kappa shape index (κ1) is 39.9. The maximum Gasteiger partial charge on any atom is 0.0726 e. The summed E-state index contributed by atoms with van der Waals surface area (Å²) in [6, 6.07) is 100. The number of benzene rings is 11. The molecule has 1 atom stereocenters. The van der Waals surface area contributed by atoms with Crippen LogP contribution in [0.1, 0.15) is 22.3 Å². The van der Waals surface area contributed by atoms with Crippen LogP contribution < -0.4 is 9.80 Å². The van der Waals surface area contributed by atoms with Gasteiger partial charge in [-0.3, -0.25) is 0 Å². The second-order valence-electron chi connectivity index (χ2n) is 18.4. The third kappa shape index (κ3) is 5.88. The first-order chi connectivity index (χ1) is 34.8. The molecular formula is C67H45N3. The molecule has 1 aromatic heterocycles. The van der Waals surface area contributed by atoms with E-state index in [1.54, 1.807) is 0 Å². The molecule has 3 nitrogen and oxygen atoms in total. The van der Waals surface area contributed by atoms with Crippen LogP contribution >= 0.6 is 0 Å². The van der Waals surface area contributed by atoms with Crippen LogP contribution in [-0.4, -0.2) is 4.57 Å². The van der Waals surface area contributed by atoms with Crippen LogP contribution in [0.4, 0.5) is 34.1 Å². The molecule has 0 saturated heterocycles. The molecule has 1 spiro atoms. The summed E-state index contributed by atoms with van der Waals surface area (Å²) in [6.07, 6.45) is 0. The Kier molecular flexibility index (Phi) is 9.11. The number of nitrogens with zero attached hydrogens (tertiary/aromatic N) is 3. The molecule has 2 aliphatic carbocycles. The highest BCUT2D eigenvalue weighted by atomic mass is 15.2. The number of aromatic nitrogens is 1. The molecule has 0 radical (unpaired) electrons. The first-order valence-corrected chi connectivity index (χ1v) is 24.2. The molecule has 1 unspecified atom stereocenters. The molecule has 0 saturated carbocycles. The molecule has 0 bridgehead atoms. The molecule has 11 aromatic carbocycles. The van der Waals surface area contributed by atoms with Gasteiger partial charge in [0.05, 0.1) is 27.8 Å². The molecule has 1 heterocycles. The van der Waals surface area contributed by atoms with Gasteiger partial charge in [-0.2, -0.15) is 0 Å². The molecule has 3 heteroatoms. The molecule has 14 rings (SSSR count). The third-order valence-electron chi connectivity index (χ3n) is 14.8. The average Bonchev–Trinajstić information content (AvgIpc) is 4.04. The lowest BCUT2D eigenvalue weighted by atomic mass is 9.70. The molecule has 328 valence electrons. The monoisotopic (exact) mass is 891 g/mol. The van der Waals surface area contributed by atoms with Crippen LogP contribution in [0.5, 0.6) is 0 Å². The summed E-state index contributed by atoms with van der Waals surface area (Å²) in [5, 5.41) is 2.46. The highest BCUT2D eigenvalue weighted by Gasteiger charge is 2.52. The van der Waals surface area contributed by atoms with E-state index in [4.69, 9.17) is 0 Å². The van der Waals surface area contributed by atoms with Gasteiger partial charge in [-0.1, -0.05) is 194 Å². The summed E-state index contributed by atoms with van der Waals surface area (Å²) in [6.45, 7) is 0. The van der Waals surface area contributed by atoms with Crippen molar-refractivity contribution in [1.29, 1.82) is 0 Å². The van der Waals surface area contributed by atoms with Crippen LogP contribution in [0.25, 0.3) is 60.9 Å². The lowest BCUT2D eigenvalue weighted by Crippen LogP contribution is -2.26. The van der Waals surface area contributed by atoms with E-state index in [0.717, 1.165) is 50.9 Å². The molecule has 0 fully saturated rings. The van der Waals surface area contributed by atoms with E-state index < -0.39 is 5.41 Å². The fourth-order valence-corrected chi connectivity index (χ4v) is 12.0. The van der Waals surface area contributed by atoms with Crippen molar-refractivity contribution < 1.29 is 0 Å². The van der Waals surface area contributed by atoms with Crippen molar-refractivity contribution in [3.05, 3.63) is 295 Å². The predicted molar refractivity (Wildman–Crippen MR) is 292 cm³/mol.